The molecule has 1 aromatic rings. The van der Waals surface area contributed by atoms with E-state index in [1.54, 1.807) is 0 Å². The SMILES string of the molecule is CC1CCN(C(CN=C(N)NC(C)(C)C)c2ccccc2)CC1. The van der Waals surface area contributed by atoms with Crippen molar-refractivity contribution < 1.29 is 0 Å². The van der Waals surface area contributed by atoms with Gasteiger partial charge in [-0.2, -0.15) is 0 Å². The van der Waals surface area contributed by atoms with Crippen molar-refractivity contribution in [2.75, 3.05) is 19.6 Å². The van der Waals surface area contributed by atoms with Crippen LogP contribution >= 0.6 is 0 Å². The van der Waals surface area contributed by atoms with Gasteiger partial charge in [-0.1, -0.05) is 37.3 Å². The smallest absolute Gasteiger partial charge is 0.189 e. The van der Waals surface area contributed by atoms with Gasteiger partial charge in [-0.3, -0.25) is 9.89 Å². The number of likely N-dealkylation sites (tertiary alicyclic amines) is 1. The van der Waals surface area contributed by atoms with Crippen LogP contribution in [0.25, 0.3) is 0 Å². The Hall–Kier alpha value is -1.55. The van der Waals surface area contributed by atoms with Gasteiger partial charge in [0, 0.05) is 5.54 Å². The lowest BCUT2D eigenvalue weighted by Gasteiger charge is -2.36. The maximum absolute atomic E-state index is 6.06. The van der Waals surface area contributed by atoms with Crippen LogP contribution in [-0.4, -0.2) is 36.0 Å². The third-order valence-corrected chi connectivity index (χ3v) is 4.38. The van der Waals surface area contributed by atoms with E-state index in [1.165, 1.54) is 18.4 Å². The van der Waals surface area contributed by atoms with Crippen LogP contribution in [-0.2, 0) is 0 Å². The van der Waals surface area contributed by atoms with E-state index in [4.69, 9.17) is 5.73 Å². The van der Waals surface area contributed by atoms with Crippen molar-refractivity contribution in [1.82, 2.24) is 10.2 Å². The van der Waals surface area contributed by atoms with Gasteiger partial charge in [0.15, 0.2) is 5.96 Å². The van der Waals surface area contributed by atoms with E-state index >= 15 is 0 Å². The molecule has 23 heavy (non-hydrogen) atoms. The summed E-state index contributed by atoms with van der Waals surface area (Å²) in [6.07, 6.45) is 2.53. The number of rotatable bonds is 4. The van der Waals surface area contributed by atoms with Gasteiger partial charge in [-0.15, -0.1) is 0 Å². The average molecular weight is 316 g/mol. The highest BCUT2D eigenvalue weighted by Crippen LogP contribution is 2.27. The number of piperidine rings is 1. The van der Waals surface area contributed by atoms with E-state index in [0.29, 0.717) is 18.5 Å². The Kier molecular flexibility index (Phi) is 6.05. The van der Waals surface area contributed by atoms with Gasteiger partial charge in [0.25, 0.3) is 0 Å². The second-order valence-corrected chi connectivity index (χ2v) is 7.75. The zero-order chi connectivity index (χ0) is 16.9. The topological polar surface area (TPSA) is 53.6 Å². The molecule has 1 fully saturated rings. The van der Waals surface area contributed by atoms with E-state index in [0.717, 1.165) is 19.0 Å². The van der Waals surface area contributed by atoms with Gasteiger partial charge < -0.3 is 11.1 Å². The van der Waals surface area contributed by atoms with E-state index in [1.807, 2.05) is 0 Å². The maximum atomic E-state index is 6.06. The van der Waals surface area contributed by atoms with E-state index in [-0.39, 0.29) is 5.54 Å². The number of hydrogen-bond acceptors (Lipinski definition) is 2. The Bertz CT molecular complexity index is 496. The summed E-state index contributed by atoms with van der Waals surface area (Å²) in [5, 5.41) is 3.25. The van der Waals surface area contributed by atoms with Crippen molar-refractivity contribution in [3.8, 4) is 0 Å². The summed E-state index contributed by atoms with van der Waals surface area (Å²) in [4.78, 5) is 7.18. The minimum atomic E-state index is -0.0591. The van der Waals surface area contributed by atoms with Crippen molar-refractivity contribution in [2.24, 2.45) is 16.6 Å². The number of nitrogens with two attached hydrogens (primary N) is 1. The van der Waals surface area contributed by atoms with Crippen LogP contribution in [0.4, 0.5) is 0 Å². The molecule has 3 N–H and O–H groups in total. The number of nitrogens with one attached hydrogen (secondary N) is 1. The van der Waals surface area contributed by atoms with Crippen LogP contribution < -0.4 is 11.1 Å². The number of guanidine groups is 1. The first kappa shape index (κ1) is 17.8. The molecular weight excluding hydrogens is 284 g/mol. The van der Waals surface area contributed by atoms with Crippen LogP contribution in [0.15, 0.2) is 35.3 Å². The van der Waals surface area contributed by atoms with Gasteiger partial charge in [0.2, 0.25) is 0 Å². The summed E-state index contributed by atoms with van der Waals surface area (Å²) in [5.74, 6) is 1.36. The molecule has 1 unspecified atom stereocenters. The lowest BCUT2D eigenvalue weighted by atomic mass is 9.96. The van der Waals surface area contributed by atoms with Crippen LogP contribution in [0.5, 0.6) is 0 Å². The third kappa shape index (κ3) is 5.87. The van der Waals surface area contributed by atoms with Crippen LogP contribution in [0.1, 0.15) is 52.1 Å². The van der Waals surface area contributed by atoms with Crippen molar-refractivity contribution in [1.29, 1.82) is 0 Å². The second kappa shape index (κ2) is 7.82. The standard InChI is InChI=1S/C19H32N4/c1-15-10-12-23(13-11-15)17(16-8-6-5-7-9-16)14-21-18(20)22-19(2,3)4/h5-9,15,17H,10-14H2,1-4H3,(H3,20,21,22). The lowest BCUT2D eigenvalue weighted by Crippen LogP contribution is -2.45. The number of aliphatic imine (C=N–C) groups is 1. The average Bonchev–Trinajstić information content (AvgIpc) is 2.48. The van der Waals surface area contributed by atoms with Gasteiger partial charge in [-0.25, -0.2) is 0 Å². The maximum Gasteiger partial charge on any atom is 0.189 e. The quantitative estimate of drug-likeness (QED) is 0.663. The van der Waals surface area contributed by atoms with Crippen LogP contribution in [0.3, 0.4) is 0 Å². The molecule has 0 amide bonds. The Balaban J connectivity index is 2.10. The summed E-state index contributed by atoms with van der Waals surface area (Å²) in [5.41, 5.74) is 7.33. The molecule has 0 radical (unpaired) electrons. The Morgan fingerprint density at radius 3 is 2.43 bits per heavy atom. The molecule has 0 bridgehead atoms. The van der Waals surface area contributed by atoms with E-state index < -0.39 is 0 Å². The molecular formula is C19H32N4. The molecule has 4 nitrogen and oxygen atoms in total. The van der Waals surface area contributed by atoms with Crippen LogP contribution in [0, 0.1) is 5.92 Å². The highest BCUT2D eigenvalue weighted by Gasteiger charge is 2.24. The second-order valence-electron chi connectivity index (χ2n) is 7.75. The minimum Gasteiger partial charge on any atom is -0.370 e. The summed E-state index contributed by atoms with van der Waals surface area (Å²) in [7, 11) is 0. The fraction of sp³-hybridized carbons (Fsp3) is 0.632. The van der Waals surface area contributed by atoms with E-state index in [9.17, 15) is 0 Å². The monoisotopic (exact) mass is 316 g/mol. The van der Waals surface area contributed by atoms with Gasteiger partial charge in [0.1, 0.15) is 0 Å². The predicted molar refractivity (Wildman–Crippen MR) is 98.5 cm³/mol. The van der Waals surface area contributed by atoms with Gasteiger partial charge in [-0.05, 0) is 58.2 Å². The Labute approximate surface area is 141 Å². The molecule has 0 aliphatic carbocycles. The summed E-state index contributed by atoms with van der Waals surface area (Å²) in [6, 6.07) is 11.0. The zero-order valence-electron chi connectivity index (χ0n) is 15.0. The predicted octanol–water partition coefficient (Wildman–Crippen LogP) is 3.16. The highest BCUT2D eigenvalue weighted by atomic mass is 15.2. The largest absolute Gasteiger partial charge is 0.370 e. The molecule has 1 atom stereocenters. The molecule has 4 heteroatoms. The Morgan fingerprint density at radius 1 is 1.26 bits per heavy atom. The van der Waals surface area contributed by atoms with Crippen molar-refractivity contribution >= 4 is 5.96 Å². The molecule has 1 aliphatic heterocycles. The summed E-state index contributed by atoms with van der Waals surface area (Å²) >= 11 is 0. The highest BCUT2D eigenvalue weighted by molar-refractivity contribution is 5.78. The molecule has 2 rings (SSSR count). The van der Waals surface area contributed by atoms with Crippen molar-refractivity contribution in [3.05, 3.63) is 35.9 Å². The summed E-state index contributed by atoms with van der Waals surface area (Å²) in [6.45, 7) is 11.6. The molecule has 1 heterocycles. The molecule has 0 aromatic heterocycles. The molecule has 0 saturated carbocycles. The molecule has 0 spiro atoms. The Morgan fingerprint density at radius 2 is 1.87 bits per heavy atom. The molecule has 128 valence electrons. The first-order chi connectivity index (χ1) is 10.8. The summed E-state index contributed by atoms with van der Waals surface area (Å²) < 4.78 is 0. The van der Waals surface area contributed by atoms with Crippen molar-refractivity contribution in [3.63, 3.8) is 0 Å². The molecule has 1 saturated heterocycles. The number of benzene rings is 1. The minimum absolute atomic E-state index is 0.0591. The number of hydrogen-bond donors (Lipinski definition) is 2. The lowest BCUT2D eigenvalue weighted by molar-refractivity contribution is 0.141. The first-order valence-corrected chi connectivity index (χ1v) is 8.72. The fourth-order valence-corrected chi connectivity index (χ4v) is 3.06. The number of nitrogens with zero attached hydrogens (tertiary/aromatic N) is 2. The zero-order valence-corrected chi connectivity index (χ0v) is 15.0. The van der Waals surface area contributed by atoms with Crippen molar-refractivity contribution in [2.45, 2.75) is 52.1 Å². The van der Waals surface area contributed by atoms with Gasteiger partial charge in [0.05, 0.1) is 12.6 Å². The fourth-order valence-electron chi connectivity index (χ4n) is 3.06. The molecule has 1 aliphatic rings. The third-order valence-electron chi connectivity index (χ3n) is 4.38. The normalized spacial score (nSPS) is 19.6. The van der Waals surface area contributed by atoms with E-state index in [2.05, 4.69) is 73.2 Å². The molecule has 1 aromatic carbocycles. The van der Waals surface area contributed by atoms with Gasteiger partial charge >= 0.3 is 0 Å². The van der Waals surface area contributed by atoms with Crippen LogP contribution in [0.2, 0.25) is 0 Å². The first-order valence-electron chi connectivity index (χ1n) is 8.72.